The van der Waals surface area contributed by atoms with Gasteiger partial charge in [0.25, 0.3) is 0 Å². The van der Waals surface area contributed by atoms with E-state index in [1.807, 2.05) is 18.5 Å². The van der Waals surface area contributed by atoms with E-state index >= 15 is 0 Å². The predicted molar refractivity (Wildman–Crippen MR) is 198 cm³/mol. The summed E-state index contributed by atoms with van der Waals surface area (Å²) in [5.41, 5.74) is 1.43. The molecule has 7 heteroatoms. The summed E-state index contributed by atoms with van der Waals surface area (Å²) in [7, 11) is 0. The molecule has 0 amide bonds. The standard InChI is InChI=1S/C44H64N2O5/c1-29(47)51-36-15-16-42(6)35(39(36,2)3)14-17-44(8)37(42)34(48)26-31-32-27-41(5,19-18-40(32,4)20-21-43(31,44)7)38(49)50-25-24-46-23-10-9-13-33(46)30-12-11-22-45-28-30/h11-12,22,26,28,32-33,35-37H,9-10,13-21,23-25,27H2,1-8H3/t32-,33+,35+,36+,37+,40+,41+,42+,43-,44+/m0/s1. The van der Waals surface area contributed by atoms with E-state index in [2.05, 4.69) is 70.5 Å². The second-order valence-electron chi connectivity index (χ2n) is 19.7. The minimum atomic E-state index is -0.572. The van der Waals surface area contributed by atoms with Gasteiger partial charge in [0, 0.05) is 43.2 Å². The number of aromatic nitrogens is 1. The molecule has 4 saturated carbocycles. The molecular formula is C44H64N2O5. The first-order chi connectivity index (χ1) is 24.0. The molecule has 10 atom stereocenters. The molecule has 7 nitrogen and oxygen atoms in total. The smallest absolute Gasteiger partial charge is 0.311 e. The Morgan fingerprint density at radius 3 is 2.43 bits per heavy atom. The van der Waals surface area contributed by atoms with Crippen molar-refractivity contribution in [3.63, 3.8) is 0 Å². The van der Waals surface area contributed by atoms with Gasteiger partial charge >= 0.3 is 11.9 Å². The van der Waals surface area contributed by atoms with Crippen molar-refractivity contribution in [1.82, 2.24) is 9.88 Å². The molecule has 0 spiro atoms. The number of ketones is 1. The Hall–Kier alpha value is -2.54. The maximum absolute atomic E-state index is 14.8. The molecule has 1 aliphatic heterocycles. The Morgan fingerprint density at radius 1 is 0.941 bits per heavy atom. The van der Waals surface area contributed by atoms with Gasteiger partial charge < -0.3 is 9.47 Å². The van der Waals surface area contributed by atoms with Gasteiger partial charge in [-0.3, -0.25) is 24.3 Å². The summed E-state index contributed by atoms with van der Waals surface area (Å²) >= 11 is 0. The fourth-order valence-electron chi connectivity index (χ4n) is 13.4. The number of rotatable bonds is 6. The Bertz CT molecular complexity index is 1570. The molecule has 1 saturated heterocycles. The molecule has 0 radical (unpaired) electrons. The quantitative estimate of drug-likeness (QED) is 0.274. The lowest BCUT2D eigenvalue weighted by Crippen LogP contribution is -2.66. The molecule has 5 fully saturated rings. The van der Waals surface area contributed by atoms with Crippen LogP contribution >= 0.6 is 0 Å². The zero-order chi connectivity index (χ0) is 36.6. The number of piperidine rings is 1. The highest BCUT2D eigenvalue weighted by Crippen LogP contribution is 2.75. The van der Waals surface area contributed by atoms with Crippen LogP contribution in [0.4, 0.5) is 0 Å². The monoisotopic (exact) mass is 700 g/mol. The van der Waals surface area contributed by atoms with Crippen molar-refractivity contribution in [2.75, 3.05) is 19.7 Å². The number of allylic oxidation sites excluding steroid dienone is 2. The zero-order valence-electron chi connectivity index (χ0n) is 32.8. The number of likely N-dealkylation sites (tertiary alicyclic amines) is 1. The number of hydrogen-bond donors (Lipinski definition) is 0. The first-order valence-corrected chi connectivity index (χ1v) is 20.2. The molecule has 1 aromatic heterocycles. The van der Waals surface area contributed by atoms with Crippen LogP contribution in [-0.4, -0.2) is 53.4 Å². The third-order valence-electron chi connectivity index (χ3n) is 16.6. The van der Waals surface area contributed by atoms with Crippen molar-refractivity contribution >= 4 is 17.7 Å². The van der Waals surface area contributed by atoms with Gasteiger partial charge in [-0.2, -0.15) is 0 Å². The van der Waals surface area contributed by atoms with Crippen molar-refractivity contribution in [3.8, 4) is 0 Å². The van der Waals surface area contributed by atoms with E-state index in [4.69, 9.17) is 9.47 Å². The summed E-state index contributed by atoms with van der Waals surface area (Å²) in [6.07, 6.45) is 17.8. The number of fused-ring (bicyclic) bond motifs is 7. The van der Waals surface area contributed by atoms with Gasteiger partial charge in [-0.25, -0.2) is 0 Å². The van der Waals surface area contributed by atoms with E-state index < -0.39 is 5.41 Å². The lowest BCUT2D eigenvalue weighted by Gasteiger charge is -2.70. The molecule has 2 heterocycles. The minimum Gasteiger partial charge on any atom is -0.464 e. The lowest BCUT2D eigenvalue weighted by molar-refractivity contribution is -0.210. The molecule has 7 rings (SSSR count). The van der Waals surface area contributed by atoms with Gasteiger partial charge in [-0.05, 0) is 135 Å². The second kappa shape index (κ2) is 12.8. The van der Waals surface area contributed by atoms with E-state index in [9.17, 15) is 14.4 Å². The first kappa shape index (κ1) is 36.8. The maximum atomic E-state index is 14.8. The van der Waals surface area contributed by atoms with Crippen LogP contribution in [0, 0.1) is 50.2 Å². The number of pyridine rings is 1. The van der Waals surface area contributed by atoms with Crippen LogP contribution in [0.1, 0.15) is 144 Å². The SMILES string of the molecule is CC(=O)O[C@@H]1CC[C@]2(C)[C@H](CC[C@]3(C)[C@@H]2C(=O)C=C2[C@@H]4C[C@](C)(C(=O)OCCN5CCCC[C@@H]5c5cccnc5)CC[C@]4(C)CC[C@@]23C)C1(C)C. The molecular weight excluding hydrogens is 636 g/mol. The highest BCUT2D eigenvalue weighted by Gasteiger charge is 2.70. The second-order valence-corrected chi connectivity index (χ2v) is 19.7. The number of carbonyl (C=O) groups is 3. The third kappa shape index (κ3) is 5.76. The molecule has 0 bridgehead atoms. The van der Waals surface area contributed by atoms with Crippen LogP contribution in [0.15, 0.2) is 36.2 Å². The van der Waals surface area contributed by atoms with Crippen LogP contribution in [0.2, 0.25) is 0 Å². The minimum absolute atomic E-state index is 0.0652. The van der Waals surface area contributed by atoms with Crippen LogP contribution < -0.4 is 0 Å². The highest BCUT2D eigenvalue weighted by molar-refractivity contribution is 5.95. The Morgan fingerprint density at radius 2 is 1.71 bits per heavy atom. The van der Waals surface area contributed by atoms with Crippen LogP contribution in [0.3, 0.4) is 0 Å². The Balaban J connectivity index is 1.11. The number of carbonyl (C=O) groups excluding carboxylic acids is 3. The van der Waals surface area contributed by atoms with Crippen molar-refractivity contribution < 1.29 is 23.9 Å². The van der Waals surface area contributed by atoms with E-state index in [0.717, 1.165) is 77.3 Å². The number of nitrogens with zero attached hydrogens (tertiary/aromatic N) is 2. The fourth-order valence-corrected chi connectivity index (χ4v) is 13.4. The normalized spacial score (nSPS) is 43.4. The largest absolute Gasteiger partial charge is 0.464 e. The van der Waals surface area contributed by atoms with Crippen LogP contribution in [0.25, 0.3) is 0 Å². The fraction of sp³-hybridized carbons (Fsp3) is 0.773. The average molecular weight is 701 g/mol. The molecule has 0 unspecified atom stereocenters. The zero-order valence-corrected chi connectivity index (χ0v) is 32.8. The van der Waals surface area contributed by atoms with Crippen LogP contribution in [0.5, 0.6) is 0 Å². The van der Waals surface area contributed by atoms with Gasteiger partial charge in [0.15, 0.2) is 5.78 Å². The molecule has 280 valence electrons. The van der Waals surface area contributed by atoms with Crippen molar-refractivity contribution in [3.05, 3.63) is 41.7 Å². The summed E-state index contributed by atoms with van der Waals surface area (Å²) in [6, 6.07) is 4.50. The average Bonchev–Trinajstić information content (AvgIpc) is 3.08. The summed E-state index contributed by atoms with van der Waals surface area (Å²) in [6.45, 7) is 20.0. The van der Waals surface area contributed by atoms with E-state index in [1.165, 1.54) is 30.9 Å². The summed E-state index contributed by atoms with van der Waals surface area (Å²) in [4.78, 5) is 47.8. The molecule has 6 aliphatic rings. The maximum Gasteiger partial charge on any atom is 0.311 e. The highest BCUT2D eigenvalue weighted by atomic mass is 16.5. The van der Waals surface area contributed by atoms with E-state index in [-0.39, 0.29) is 57.0 Å². The van der Waals surface area contributed by atoms with Gasteiger partial charge in [-0.15, -0.1) is 0 Å². The van der Waals surface area contributed by atoms with E-state index in [0.29, 0.717) is 24.3 Å². The van der Waals surface area contributed by atoms with E-state index in [1.54, 1.807) is 0 Å². The Kier molecular flexibility index (Phi) is 9.24. The van der Waals surface area contributed by atoms with Crippen molar-refractivity contribution in [1.29, 1.82) is 0 Å². The molecule has 1 aromatic rings. The number of hydrogen-bond acceptors (Lipinski definition) is 7. The Labute approximate surface area is 307 Å². The molecule has 0 N–H and O–H groups in total. The first-order valence-electron chi connectivity index (χ1n) is 20.2. The van der Waals surface area contributed by atoms with Crippen molar-refractivity contribution in [2.45, 2.75) is 145 Å². The number of esters is 2. The summed E-state index contributed by atoms with van der Waals surface area (Å²) in [5, 5.41) is 0. The topological polar surface area (TPSA) is 85.8 Å². The summed E-state index contributed by atoms with van der Waals surface area (Å²) < 4.78 is 12.1. The summed E-state index contributed by atoms with van der Waals surface area (Å²) in [5.74, 6) is 0.430. The molecule has 0 aromatic carbocycles. The van der Waals surface area contributed by atoms with Gasteiger partial charge in [0.05, 0.1) is 5.41 Å². The van der Waals surface area contributed by atoms with Crippen LogP contribution in [-0.2, 0) is 23.9 Å². The molecule has 51 heavy (non-hydrogen) atoms. The van der Waals surface area contributed by atoms with Crippen molar-refractivity contribution in [2.24, 2.45) is 50.2 Å². The number of ether oxygens (including phenoxy) is 2. The third-order valence-corrected chi connectivity index (χ3v) is 16.6. The molecule has 5 aliphatic carbocycles. The predicted octanol–water partition coefficient (Wildman–Crippen LogP) is 9.06. The van der Waals surface area contributed by atoms with Gasteiger partial charge in [0.2, 0.25) is 0 Å². The van der Waals surface area contributed by atoms with Gasteiger partial charge in [0.1, 0.15) is 12.7 Å². The lowest BCUT2D eigenvalue weighted by atomic mass is 9.33. The van der Waals surface area contributed by atoms with Gasteiger partial charge in [-0.1, -0.05) is 59.6 Å².